The third-order valence-electron chi connectivity index (χ3n) is 3.73. The highest BCUT2D eigenvalue weighted by molar-refractivity contribution is 5.93. The third kappa shape index (κ3) is 4.43. The van der Waals surface area contributed by atoms with Crippen molar-refractivity contribution in [2.75, 3.05) is 18.9 Å². The van der Waals surface area contributed by atoms with E-state index in [0.717, 1.165) is 23.4 Å². The molecule has 2 rings (SSSR count). The second-order valence-corrected chi connectivity index (χ2v) is 5.97. The van der Waals surface area contributed by atoms with Crippen molar-refractivity contribution in [1.82, 2.24) is 4.90 Å². The van der Waals surface area contributed by atoms with E-state index in [1.54, 1.807) is 0 Å². The van der Waals surface area contributed by atoms with Gasteiger partial charge in [0.05, 0.1) is 6.54 Å². The van der Waals surface area contributed by atoms with Crippen LogP contribution in [0.3, 0.4) is 0 Å². The quantitative estimate of drug-likeness (QED) is 0.913. The van der Waals surface area contributed by atoms with E-state index in [-0.39, 0.29) is 5.91 Å². The van der Waals surface area contributed by atoms with Crippen LogP contribution in [0.4, 0.5) is 5.69 Å². The zero-order valence-corrected chi connectivity index (χ0v) is 13.8. The highest BCUT2D eigenvalue weighted by Crippen LogP contribution is 2.19. The lowest BCUT2D eigenvalue weighted by atomic mass is 10.1. The van der Waals surface area contributed by atoms with Gasteiger partial charge in [0.1, 0.15) is 0 Å². The van der Waals surface area contributed by atoms with E-state index in [2.05, 4.69) is 36.5 Å². The normalized spacial score (nSPS) is 10.8. The summed E-state index contributed by atoms with van der Waals surface area (Å²) in [6.45, 7) is 7.24. The molecule has 0 aliphatic heterocycles. The van der Waals surface area contributed by atoms with Crippen LogP contribution in [-0.4, -0.2) is 24.4 Å². The number of hydrogen-bond donors (Lipinski definition) is 1. The van der Waals surface area contributed by atoms with Crippen LogP contribution in [0.2, 0.25) is 0 Å². The Balaban J connectivity index is 1.92. The molecular weight excluding hydrogens is 272 g/mol. The van der Waals surface area contributed by atoms with Crippen molar-refractivity contribution >= 4 is 11.6 Å². The van der Waals surface area contributed by atoms with E-state index in [9.17, 15) is 4.79 Å². The number of anilines is 1. The zero-order valence-electron chi connectivity index (χ0n) is 13.8. The minimum Gasteiger partial charge on any atom is -0.324 e. The zero-order chi connectivity index (χ0) is 16.1. The highest BCUT2D eigenvalue weighted by atomic mass is 16.2. The standard InChI is InChI=1S/C19H24N2O/c1-14-8-10-17(11-9-14)12-21(4)13-18(22)20-19-15(2)6-5-7-16(19)3/h5-11H,12-13H2,1-4H3,(H,20,22). The van der Waals surface area contributed by atoms with Crippen LogP contribution in [0.25, 0.3) is 0 Å². The maximum Gasteiger partial charge on any atom is 0.238 e. The molecule has 3 heteroatoms. The number of hydrogen-bond acceptors (Lipinski definition) is 2. The van der Waals surface area contributed by atoms with E-state index in [1.165, 1.54) is 11.1 Å². The van der Waals surface area contributed by atoms with E-state index in [4.69, 9.17) is 0 Å². The van der Waals surface area contributed by atoms with Crippen LogP contribution in [-0.2, 0) is 11.3 Å². The molecule has 0 saturated carbocycles. The van der Waals surface area contributed by atoms with Gasteiger partial charge in [0, 0.05) is 12.2 Å². The van der Waals surface area contributed by atoms with Crippen molar-refractivity contribution in [3.8, 4) is 0 Å². The molecule has 0 spiro atoms. The first-order valence-corrected chi connectivity index (χ1v) is 7.56. The Morgan fingerprint density at radius 3 is 2.18 bits per heavy atom. The van der Waals surface area contributed by atoms with E-state index in [1.807, 2.05) is 44.0 Å². The van der Waals surface area contributed by atoms with Crippen LogP contribution in [0.15, 0.2) is 42.5 Å². The fourth-order valence-electron chi connectivity index (χ4n) is 2.50. The Labute approximate surface area is 133 Å². The Morgan fingerprint density at radius 2 is 1.59 bits per heavy atom. The number of benzene rings is 2. The number of amides is 1. The molecule has 0 aromatic heterocycles. The fourth-order valence-corrected chi connectivity index (χ4v) is 2.50. The van der Waals surface area contributed by atoms with Crippen molar-refractivity contribution in [2.45, 2.75) is 27.3 Å². The molecule has 0 heterocycles. The Bertz CT molecular complexity index is 627. The number of aryl methyl sites for hydroxylation is 3. The van der Waals surface area contributed by atoms with Gasteiger partial charge >= 0.3 is 0 Å². The molecule has 22 heavy (non-hydrogen) atoms. The highest BCUT2D eigenvalue weighted by Gasteiger charge is 2.10. The summed E-state index contributed by atoms with van der Waals surface area (Å²) in [4.78, 5) is 14.2. The molecule has 0 fully saturated rings. The molecule has 0 atom stereocenters. The van der Waals surface area contributed by atoms with Gasteiger partial charge in [0.2, 0.25) is 5.91 Å². The van der Waals surface area contributed by atoms with E-state index >= 15 is 0 Å². The van der Waals surface area contributed by atoms with Crippen LogP contribution >= 0.6 is 0 Å². The fraction of sp³-hybridized carbons (Fsp3) is 0.316. The molecule has 1 amide bonds. The maximum atomic E-state index is 12.2. The van der Waals surface area contributed by atoms with Gasteiger partial charge in [0.25, 0.3) is 0 Å². The SMILES string of the molecule is Cc1ccc(CN(C)CC(=O)Nc2c(C)cccc2C)cc1. The van der Waals surface area contributed by atoms with Crippen LogP contribution < -0.4 is 5.32 Å². The summed E-state index contributed by atoms with van der Waals surface area (Å²) in [6, 6.07) is 14.4. The summed E-state index contributed by atoms with van der Waals surface area (Å²) < 4.78 is 0. The predicted molar refractivity (Wildman–Crippen MR) is 92.1 cm³/mol. The minimum atomic E-state index is 0.0204. The first-order chi connectivity index (χ1) is 10.5. The summed E-state index contributed by atoms with van der Waals surface area (Å²) in [5.74, 6) is 0.0204. The van der Waals surface area contributed by atoms with Gasteiger partial charge in [-0.05, 0) is 44.5 Å². The minimum absolute atomic E-state index is 0.0204. The largest absolute Gasteiger partial charge is 0.324 e. The molecule has 0 aliphatic carbocycles. The summed E-state index contributed by atoms with van der Waals surface area (Å²) in [5, 5.41) is 3.02. The Kier molecular flexibility index (Phi) is 5.34. The van der Waals surface area contributed by atoms with Gasteiger partial charge in [-0.2, -0.15) is 0 Å². The first kappa shape index (κ1) is 16.2. The number of nitrogens with zero attached hydrogens (tertiary/aromatic N) is 1. The molecular formula is C19H24N2O. The second kappa shape index (κ2) is 7.23. The Hall–Kier alpha value is -2.13. The predicted octanol–water partition coefficient (Wildman–Crippen LogP) is 3.68. The van der Waals surface area contributed by atoms with Crippen molar-refractivity contribution in [3.63, 3.8) is 0 Å². The summed E-state index contributed by atoms with van der Waals surface area (Å²) in [7, 11) is 1.96. The van der Waals surface area contributed by atoms with Crippen LogP contribution in [0.1, 0.15) is 22.3 Å². The lowest BCUT2D eigenvalue weighted by Gasteiger charge is -2.18. The molecule has 3 nitrogen and oxygen atoms in total. The number of para-hydroxylation sites is 1. The van der Waals surface area contributed by atoms with E-state index < -0.39 is 0 Å². The monoisotopic (exact) mass is 296 g/mol. The molecule has 1 N–H and O–H groups in total. The summed E-state index contributed by atoms with van der Waals surface area (Å²) in [6.07, 6.45) is 0. The van der Waals surface area contributed by atoms with Crippen molar-refractivity contribution < 1.29 is 4.79 Å². The lowest BCUT2D eigenvalue weighted by molar-refractivity contribution is -0.117. The van der Waals surface area contributed by atoms with Gasteiger partial charge in [-0.3, -0.25) is 9.69 Å². The molecule has 0 radical (unpaired) electrons. The van der Waals surface area contributed by atoms with Crippen molar-refractivity contribution in [3.05, 3.63) is 64.7 Å². The number of carbonyl (C=O) groups is 1. The molecule has 2 aromatic rings. The van der Waals surface area contributed by atoms with Crippen LogP contribution in [0.5, 0.6) is 0 Å². The van der Waals surface area contributed by atoms with Crippen LogP contribution in [0, 0.1) is 20.8 Å². The van der Waals surface area contributed by atoms with Gasteiger partial charge in [-0.15, -0.1) is 0 Å². The third-order valence-corrected chi connectivity index (χ3v) is 3.73. The number of rotatable bonds is 5. The van der Waals surface area contributed by atoms with Crippen molar-refractivity contribution in [2.24, 2.45) is 0 Å². The summed E-state index contributed by atoms with van der Waals surface area (Å²) >= 11 is 0. The van der Waals surface area contributed by atoms with Gasteiger partial charge in [-0.25, -0.2) is 0 Å². The van der Waals surface area contributed by atoms with E-state index in [0.29, 0.717) is 6.54 Å². The van der Waals surface area contributed by atoms with Gasteiger partial charge in [-0.1, -0.05) is 48.0 Å². The molecule has 0 unspecified atom stereocenters. The number of carbonyl (C=O) groups excluding carboxylic acids is 1. The topological polar surface area (TPSA) is 32.3 Å². The molecule has 0 saturated heterocycles. The number of likely N-dealkylation sites (N-methyl/N-ethyl adjacent to an activating group) is 1. The number of nitrogens with one attached hydrogen (secondary N) is 1. The molecule has 0 aliphatic rings. The van der Waals surface area contributed by atoms with Gasteiger partial charge < -0.3 is 5.32 Å². The van der Waals surface area contributed by atoms with Gasteiger partial charge in [0.15, 0.2) is 0 Å². The average Bonchev–Trinajstić information content (AvgIpc) is 2.45. The smallest absolute Gasteiger partial charge is 0.238 e. The second-order valence-electron chi connectivity index (χ2n) is 5.97. The first-order valence-electron chi connectivity index (χ1n) is 7.56. The molecule has 116 valence electrons. The molecule has 2 aromatic carbocycles. The lowest BCUT2D eigenvalue weighted by Crippen LogP contribution is -2.30. The Morgan fingerprint density at radius 1 is 1.00 bits per heavy atom. The summed E-state index contributed by atoms with van der Waals surface area (Å²) in [5.41, 5.74) is 5.58. The average molecular weight is 296 g/mol. The maximum absolute atomic E-state index is 12.2. The molecule has 0 bridgehead atoms. The van der Waals surface area contributed by atoms with Crippen molar-refractivity contribution in [1.29, 1.82) is 0 Å².